The molecule has 0 bridgehead atoms. The molecule has 0 rings (SSSR count). The van der Waals surface area contributed by atoms with Gasteiger partial charge in [0, 0.05) is 31.5 Å². The van der Waals surface area contributed by atoms with Crippen LogP contribution in [0.15, 0.2) is 0 Å². The molecule has 1 amide bonds. The van der Waals surface area contributed by atoms with Crippen LogP contribution in [0.2, 0.25) is 0 Å². The third-order valence-corrected chi connectivity index (χ3v) is 3.49. The van der Waals surface area contributed by atoms with Crippen molar-refractivity contribution in [1.29, 1.82) is 0 Å². The maximum Gasteiger partial charge on any atom is 0.216 e. The number of amides is 1. The fourth-order valence-electron chi connectivity index (χ4n) is 0.530. The van der Waals surface area contributed by atoms with Gasteiger partial charge in [-0.05, 0) is 7.05 Å². The van der Waals surface area contributed by atoms with E-state index in [9.17, 15) is 4.79 Å². The summed E-state index contributed by atoms with van der Waals surface area (Å²) in [6.45, 7) is 7.35. The first-order chi connectivity index (χ1) is 6.77. The molecule has 0 aromatic rings. The fourth-order valence-corrected chi connectivity index (χ4v) is 2.45. The molecule has 0 aliphatic carbocycles. The van der Waals surface area contributed by atoms with Crippen LogP contribution in [0.25, 0.3) is 0 Å². The van der Waals surface area contributed by atoms with Gasteiger partial charge in [-0.1, -0.05) is 35.4 Å². The number of nitrogens with one attached hydrogen (secondary N) is 2. The van der Waals surface area contributed by atoms with E-state index in [0.717, 1.165) is 24.6 Å². The van der Waals surface area contributed by atoms with Crippen LogP contribution in [0, 0.1) is 0 Å². The van der Waals surface area contributed by atoms with Crippen LogP contribution < -0.4 is 10.6 Å². The summed E-state index contributed by atoms with van der Waals surface area (Å²) in [5.41, 5.74) is 0. The lowest BCUT2D eigenvalue weighted by Crippen LogP contribution is -2.22. The zero-order valence-corrected chi connectivity index (χ0v) is 11.2. The smallest absolute Gasteiger partial charge is 0.216 e. The molecule has 0 atom stereocenters. The topological polar surface area (TPSA) is 41.1 Å². The van der Waals surface area contributed by atoms with Crippen molar-refractivity contribution in [3.8, 4) is 0 Å². The lowest BCUT2D eigenvalue weighted by atomic mass is 10.6. The Bertz CT molecular complexity index is 123. The molecule has 0 aliphatic heterocycles. The first-order valence-corrected chi connectivity index (χ1v) is 7.39. The van der Waals surface area contributed by atoms with Gasteiger partial charge < -0.3 is 10.6 Å². The Kier molecular flexibility index (Phi) is 18.4. The van der Waals surface area contributed by atoms with E-state index in [-0.39, 0.29) is 5.91 Å². The van der Waals surface area contributed by atoms with Crippen LogP contribution in [-0.2, 0) is 4.79 Å². The summed E-state index contributed by atoms with van der Waals surface area (Å²) in [6.07, 6.45) is 0. The molecule has 5 heteroatoms. The van der Waals surface area contributed by atoms with Crippen molar-refractivity contribution in [2.24, 2.45) is 0 Å². The molecule has 2 N–H and O–H groups in total. The van der Waals surface area contributed by atoms with Gasteiger partial charge in [0.15, 0.2) is 0 Å². The second kappa shape index (κ2) is 15.6. The summed E-state index contributed by atoms with van der Waals surface area (Å²) in [6, 6.07) is 0. The van der Waals surface area contributed by atoms with Gasteiger partial charge in [0.1, 0.15) is 0 Å². The molecule has 86 valence electrons. The summed E-state index contributed by atoms with van der Waals surface area (Å²) in [4.78, 5) is 10.4. The van der Waals surface area contributed by atoms with Gasteiger partial charge in [-0.25, -0.2) is 0 Å². The van der Waals surface area contributed by atoms with E-state index in [1.807, 2.05) is 31.7 Å². The lowest BCUT2D eigenvalue weighted by Gasteiger charge is -2.01. The van der Waals surface area contributed by atoms with E-state index in [0.29, 0.717) is 0 Å². The Morgan fingerprint density at radius 3 is 2.07 bits per heavy atom. The van der Waals surface area contributed by atoms with E-state index < -0.39 is 0 Å². The minimum absolute atomic E-state index is 0.0517. The third-order valence-electron chi connectivity index (χ3n) is 1.08. The quantitative estimate of drug-likeness (QED) is 0.524. The van der Waals surface area contributed by atoms with Crippen molar-refractivity contribution in [3.63, 3.8) is 0 Å². The predicted octanol–water partition coefficient (Wildman–Crippen LogP) is 1.75. The molecule has 0 radical (unpaired) electrons. The molecule has 0 spiro atoms. The number of hydrogen-bond donors (Lipinski definition) is 2. The Morgan fingerprint density at radius 1 is 1.14 bits per heavy atom. The highest BCUT2D eigenvalue weighted by atomic mass is 33.1. The molecule has 0 heterocycles. The summed E-state index contributed by atoms with van der Waals surface area (Å²) in [5, 5.41) is 5.82. The highest BCUT2D eigenvalue weighted by molar-refractivity contribution is 8.76. The van der Waals surface area contributed by atoms with Crippen molar-refractivity contribution in [2.45, 2.75) is 20.8 Å². The van der Waals surface area contributed by atoms with Gasteiger partial charge >= 0.3 is 0 Å². The minimum Gasteiger partial charge on any atom is -0.355 e. The number of carbonyl (C=O) groups is 1. The van der Waals surface area contributed by atoms with E-state index >= 15 is 0 Å². The van der Waals surface area contributed by atoms with Crippen LogP contribution in [0.4, 0.5) is 0 Å². The van der Waals surface area contributed by atoms with Crippen LogP contribution >= 0.6 is 21.6 Å². The Balaban J connectivity index is 0. The summed E-state index contributed by atoms with van der Waals surface area (Å²) in [7, 11) is 5.58. The molecule has 0 aromatic carbocycles. The van der Waals surface area contributed by atoms with E-state index in [2.05, 4.69) is 10.6 Å². The van der Waals surface area contributed by atoms with Crippen LogP contribution in [0.5, 0.6) is 0 Å². The minimum atomic E-state index is 0.0517. The number of rotatable bonds is 7. The zero-order chi connectivity index (χ0) is 11.2. The molecular formula is C9H22N2OS2. The molecule has 0 saturated carbocycles. The second-order valence-electron chi connectivity index (χ2n) is 2.23. The average Bonchev–Trinajstić information content (AvgIpc) is 2.19. The van der Waals surface area contributed by atoms with Crippen molar-refractivity contribution in [3.05, 3.63) is 0 Å². The molecular weight excluding hydrogens is 216 g/mol. The third kappa shape index (κ3) is 18.0. The van der Waals surface area contributed by atoms with Gasteiger partial charge in [0.05, 0.1) is 0 Å². The predicted molar refractivity (Wildman–Crippen MR) is 68.9 cm³/mol. The molecule has 0 aromatic heterocycles. The monoisotopic (exact) mass is 238 g/mol. The largest absolute Gasteiger partial charge is 0.355 e. The van der Waals surface area contributed by atoms with Gasteiger partial charge in [0.2, 0.25) is 5.91 Å². The standard InChI is InChI=1S/C7H16N2OS2.C2H6/c1-7(10)9-4-6-12-11-5-3-8-2;1-2/h8H,3-6H2,1-2H3,(H,9,10);1-2H3. The van der Waals surface area contributed by atoms with Gasteiger partial charge in [0.25, 0.3) is 0 Å². The van der Waals surface area contributed by atoms with Gasteiger partial charge in [-0.15, -0.1) is 0 Å². The highest BCUT2D eigenvalue weighted by Crippen LogP contribution is 2.18. The average molecular weight is 238 g/mol. The van der Waals surface area contributed by atoms with Crippen molar-refractivity contribution in [2.75, 3.05) is 31.6 Å². The lowest BCUT2D eigenvalue weighted by molar-refractivity contribution is -0.118. The first kappa shape index (κ1) is 16.6. The number of hydrogen-bond acceptors (Lipinski definition) is 4. The molecule has 3 nitrogen and oxygen atoms in total. The fraction of sp³-hybridized carbons (Fsp3) is 0.889. The van der Waals surface area contributed by atoms with Crippen LogP contribution in [0.3, 0.4) is 0 Å². The maximum atomic E-state index is 10.4. The normalized spacial score (nSPS) is 8.86. The highest BCUT2D eigenvalue weighted by Gasteiger charge is 1.91. The second-order valence-corrected chi connectivity index (χ2v) is 4.93. The molecule has 0 fully saturated rings. The Labute approximate surface area is 95.6 Å². The molecule has 0 unspecified atom stereocenters. The summed E-state index contributed by atoms with van der Waals surface area (Å²) >= 11 is 0. The van der Waals surface area contributed by atoms with Crippen molar-refractivity contribution in [1.82, 2.24) is 10.6 Å². The Hall–Kier alpha value is 0.130. The van der Waals surface area contributed by atoms with Crippen molar-refractivity contribution < 1.29 is 4.79 Å². The van der Waals surface area contributed by atoms with Gasteiger partial charge in [-0.2, -0.15) is 0 Å². The molecule has 14 heavy (non-hydrogen) atoms. The van der Waals surface area contributed by atoms with Crippen LogP contribution in [-0.4, -0.2) is 37.6 Å². The zero-order valence-electron chi connectivity index (χ0n) is 9.55. The van der Waals surface area contributed by atoms with Crippen molar-refractivity contribution >= 4 is 27.5 Å². The maximum absolute atomic E-state index is 10.4. The van der Waals surface area contributed by atoms with E-state index in [1.165, 1.54) is 0 Å². The molecule has 0 saturated heterocycles. The van der Waals surface area contributed by atoms with E-state index in [1.54, 1.807) is 17.7 Å². The summed E-state index contributed by atoms with van der Waals surface area (Å²) in [5.74, 6) is 2.14. The molecule has 0 aliphatic rings. The Morgan fingerprint density at radius 2 is 1.64 bits per heavy atom. The van der Waals surface area contributed by atoms with Gasteiger partial charge in [-0.3, -0.25) is 4.79 Å². The first-order valence-electron chi connectivity index (χ1n) is 4.91. The number of carbonyl (C=O) groups excluding carboxylic acids is 1. The summed E-state index contributed by atoms with van der Waals surface area (Å²) < 4.78 is 0. The van der Waals surface area contributed by atoms with E-state index in [4.69, 9.17) is 0 Å². The SMILES string of the molecule is CC.CNCCSSCCNC(C)=O. The van der Waals surface area contributed by atoms with Crippen LogP contribution in [0.1, 0.15) is 20.8 Å².